The number of hydrogen-bond donors (Lipinski definition) is 2. The van der Waals surface area contributed by atoms with Crippen LogP contribution in [-0.2, 0) is 4.79 Å². The van der Waals surface area contributed by atoms with Crippen LogP contribution < -0.4 is 5.32 Å². The number of aryl methyl sites for hydroxylation is 1. The SMILES string of the molecule is Cc1ccc(C(C)NC(=O)N2CCCC(C(=O)O)C2)cc1. The summed E-state index contributed by atoms with van der Waals surface area (Å²) >= 11 is 0. The van der Waals surface area contributed by atoms with Crippen LogP contribution in [0.3, 0.4) is 0 Å². The highest BCUT2D eigenvalue weighted by Gasteiger charge is 2.28. The first kappa shape index (κ1) is 15.4. The molecule has 1 aromatic rings. The van der Waals surface area contributed by atoms with Gasteiger partial charge in [0.05, 0.1) is 12.0 Å². The van der Waals surface area contributed by atoms with Gasteiger partial charge in [0.2, 0.25) is 0 Å². The zero-order valence-electron chi connectivity index (χ0n) is 12.5. The number of hydrogen-bond acceptors (Lipinski definition) is 2. The van der Waals surface area contributed by atoms with E-state index in [0.29, 0.717) is 19.5 Å². The first-order valence-corrected chi connectivity index (χ1v) is 7.32. The van der Waals surface area contributed by atoms with E-state index in [4.69, 9.17) is 5.11 Å². The van der Waals surface area contributed by atoms with Crippen molar-refractivity contribution in [1.82, 2.24) is 10.2 Å². The van der Waals surface area contributed by atoms with Crippen LogP contribution in [0.15, 0.2) is 24.3 Å². The van der Waals surface area contributed by atoms with E-state index in [0.717, 1.165) is 12.0 Å². The predicted molar refractivity (Wildman–Crippen MR) is 80.1 cm³/mol. The molecule has 0 aromatic heterocycles. The minimum absolute atomic E-state index is 0.0942. The maximum absolute atomic E-state index is 12.2. The molecule has 0 bridgehead atoms. The molecule has 2 rings (SSSR count). The Morgan fingerprint density at radius 1 is 1.33 bits per heavy atom. The minimum Gasteiger partial charge on any atom is -0.481 e. The van der Waals surface area contributed by atoms with Crippen molar-refractivity contribution in [1.29, 1.82) is 0 Å². The highest BCUT2D eigenvalue weighted by atomic mass is 16.4. The number of carboxylic acid groups (broad SMARTS) is 1. The van der Waals surface area contributed by atoms with Gasteiger partial charge in [-0.15, -0.1) is 0 Å². The van der Waals surface area contributed by atoms with Gasteiger partial charge in [-0.05, 0) is 32.3 Å². The van der Waals surface area contributed by atoms with E-state index in [1.807, 2.05) is 38.1 Å². The van der Waals surface area contributed by atoms with Crippen LogP contribution in [0, 0.1) is 12.8 Å². The van der Waals surface area contributed by atoms with Crippen molar-refractivity contribution in [3.63, 3.8) is 0 Å². The van der Waals surface area contributed by atoms with Crippen molar-refractivity contribution in [2.75, 3.05) is 13.1 Å². The molecule has 0 spiro atoms. The lowest BCUT2D eigenvalue weighted by Gasteiger charge is -2.31. The fourth-order valence-electron chi connectivity index (χ4n) is 2.58. The highest BCUT2D eigenvalue weighted by molar-refractivity contribution is 5.77. The van der Waals surface area contributed by atoms with E-state index in [1.165, 1.54) is 5.56 Å². The van der Waals surface area contributed by atoms with Gasteiger partial charge in [0.25, 0.3) is 0 Å². The number of nitrogens with zero attached hydrogens (tertiary/aromatic N) is 1. The molecule has 1 aliphatic rings. The van der Waals surface area contributed by atoms with Crippen molar-refractivity contribution >= 4 is 12.0 Å². The van der Waals surface area contributed by atoms with Gasteiger partial charge in [0.1, 0.15) is 0 Å². The number of aliphatic carboxylic acids is 1. The van der Waals surface area contributed by atoms with Crippen molar-refractivity contribution < 1.29 is 14.7 Å². The molecule has 1 saturated heterocycles. The maximum atomic E-state index is 12.2. The van der Waals surface area contributed by atoms with Crippen LogP contribution in [0.25, 0.3) is 0 Å². The molecule has 5 nitrogen and oxygen atoms in total. The Bertz CT molecular complexity index is 513. The van der Waals surface area contributed by atoms with Gasteiger partial charge in [-0.3, -0.25) is 4.79 Å². The van der Waals surface area contributed by atoms with Gasteiger partial charge in [-0.1, -0.05) is 29.8 Å². The van der Waals surface area contributed by atoms with Gasteiger partial charge in [0.15, 0.2) is 0 Å². The summed E-state index contributed by atoms with van der Waals surface area (Å²) in [5.74, 6) is -1.27. The first-order chi connectivity index (χ1) is 9.97. The van der Waals surface area contributed by atoms with Crippen molar-refractivity contribution in [2.45, 2.75) is 32.7 Å². The second kappa shape index (κ2) is 6.61. The van der Waals surface area contributed by atoms with Crippen LogP contribution in [0.4, 0.5) is 4.79 Å². The van der Waals surface area contributed by atoms with Gasteiger partial charge in [0, 0.05) is 13.1 Å². The Labute approximate surface area is 125 Å². The Kier molecular flexibility index (Phi) is 4.83. The number of urea groups is 1. The summed E-state index contributed by atoms with van der Waals surface area (Å²) < 4.78 is 0. The zero-order valence-corrected chi connectivity index (χ0v) is 12.5. The standard InChI is InChI=1S/C16H22N2O3/c1-11-5-7-13(8-6-11)12(2)17-16(21)18-9-3-4-14(10-18)15(19)20/h5-8,12,14H,3-4,9-10H2,1-2H3,(H,17,21)(H,19,20). The number of rotatable bonds is 3. The molecular formula is C16H22N2O3. The van der Waals surface area contributed by atoms with Crippen LogP contribution in [-0.4, -0.2) is 35.1 Å². The summed E-state index contributed by atoms with van der Waals surface area (Å²) in [5, 5.41) is 12.0. The predicted octanol–water partition coefficient (Wildman–Crippen LogP) is 2.56. The minimum atomic E-state index is -0.820. The van der Waals surface area contributed by atoms with Crippen LogP contribution >= 0.6 is 0 Å². The van der Waals surface area contributed by atoms with Crippen molar-refractivity contribution in [3.8, 4) is 0 Å². The number of carbonyl (C=O) groups excluding carboxylic acids is 1. The third-order valence-corrected chi connectivity index (χ3v) is 3.98. The lowest BCUT2D eigenvalue weighted by atomic mass is 9.98. The van der Waals surface area contributed by atoms with E-state index in [1.54, 1.807) is 4.90 Å². The molecule has 5 heteroatoms. The van der Waals surface area contributed by atoms with Crippen molar-refractivity contribution in [2.24, 2.45) is 5.92 Å². The van der Waals surface area contributed by atoms with E-state index in [9.17, 15) is 9.59 Å². The molecule has 1 aliphatic heterocycles. The normalized spacial score (nSPS) is 19.9. The topological polar surface area (TPSA) is 69.6 Å². The first-order valence-electron chi connectivity index (χ1n) is 7.32. The van der Waals surface area contributed by atoms with Gasteiger partial charge >= 0.3 is 12.0 Å². The average molecular weight is 290 g/mol. The molecule has 1 fully saturated rings. The summed E-state index contributed by atoms with van der Waals surface area (Å²) in [7, 11) is 0. The Hall–Kier alpha value is -2.04. The molecule has 21 heavy (non-hydrogen) atoms. The van der Waals surface area contributed by atoms with E-state index in [2.05, 4.69) is 5.32 Å². The molecule has 0 aliphatic carbocycles. The number of benzene rings is 1. The summed E-state index contributed by atoms with van der Waals surface area (Å²) in [4.78, 5) is 24.9. The highest BCUT2D eigenvalue weighted by Crippen LogP contribution is 2.18. The third kappa shape index (κ3) is 3.97. The van der Waals surface area contributed by atoms with Gasteiger partial charge in [-0.25, -0.2) is 4.79 Å². The molecule has 0 saturated carbocycles. The molecule has 0 radical (unpaired) electrons. The van der Waals surface area contributed by atoms with Crippen LogP contribution in [0.5, 0.6) is 0 Å². The van der Waals surface area contributed by atoms with Gasteiger partial charge in [-0.2, -0.15) is 0 Å². The zero-order chi connectivity index (χ0) is 15.4. The number of carboxylic acids is 1. The second-order valence-electron chi connectivity index (χ2n) is 5.71. The average Bonchev–Trinajstić information content (AvgIpc) is 2.48. The summed E-state index contributed by atoms with van der Waals surface area (Å²) in [5.41, 5.74) is 2.22. The lowest BCUT2D eigenvalue weighted by molar-refractivity contribution is -0.143. The number of likely N-dealkylation sites (tertiary alicyclic amines) is 1. The molecule has 2 N–H and O–H groups in total. The number of nitrogens with one attached hydrogen (secondary N) is 1. The van der Waals surface area contributed by atoms with Gasteiger partial charge < -0.3 is 15.3 Å². The number of piperidine rings is 1. The molecule has 2 atom stereocenters. The maximum Gasteiger partial charge on any atom is 0.317 e. The van der Waals surface area contributed by atoms with E-state index < -0.39 is 11.9 Å². The second-order valence-corrected chi connectivity index (χ2v) is 5.71. The molecule has 2 unspecified atom stereocenters. The summed E-state index contributed by atoms with van der Waals surface area (Å²) in [6.45, 7) is 4.87. The lowest BCUT2D eigenvalue weighted by Crippen LogP contribution is -2.47. The third-order valence-electron chi connectivity index (χ3n) is 3.98. The fourth-order valence-corrected chi connectivity index (χ4v) is 2.58. The summed E-state index contributed by atoms with van der Waals surface area (Å²) in [6.07, 6.45) is 1.38. The molecule has 2 amide bonds. The molecule has 1 heterocycles. The number of amides is 2. The summed E-state index contributed by atoms with van der Waals surface area (Å²) in [6, 6.07) is 7.74. The monoisotopic (exact) mass is 290 g/mol. The van der Waals surface area contributed by atoms with Crippen molar-refractivity contribution in [3.05, 3.63) is 35.4 Å². The largest absolute Gasteiger partial charge is 0.481 e. The van der Waals surface area contributed by atoms with Crippen LogP contribution in [0.2, 0.25) is 0 Å². The fraction of sp³-hybridized carbons (Fsp3) is 0.500. The Balaban J connectivity index is 1.94. The van der Waals surface area contributed by atoms with E-state index in [-0.39, 0.29) is 12.1 Å². The molecule has 114 valence electrons. The van der Waals surface area contributed by atoms with E-state index >= 15 is 0 Å². The Morgan fingerprint density at radius 2 is 2.00 bits per heavy atom. The number of carbonyl (C=O) groups is 2. The quantitative estimate of drug-likeness (QED) is 0.899. The molecular weight excluding hydrogens is 268 g/mol. The smallest absolute Gasteiger partial charge is 0.317 e. The molecule has 1 aromatic carbocycles. The van der Waals surface area contributed by atoms with Crippen LogP contribution in [0.1, 0.15) is 36.9 Å². The Morgan fingerprint density at radius 3 is 2.62 bits per heavy atom.